The van der Waals surface area contributed by atoms with E-state index in [4.69, 9.17) is 9.84 Å². The van der Waals surface area contributed by atoms with Gasteiger partial charge in [-0.25, -0.2) is 9.78 Å². The molecule has 1 aliphatic rings. The van der Waals surface area contributed by atoms with E-state index in [-0.39, 0.29) is 5.91 Å². The van der Waals surface area contributed by atoms with Crippen LogP contribution in [0.2, 0.25) is 0 Å². The number of carbonyl (C=O) groups excluding carboxylic acids is 1. The zero-order valence-electron chi connectivity index (χ0n) is 15.4. The molecule has 0 aliphatic carbocycles. The van der Waals surface area contributed by atoms with Crippen molar-refractivity contribution in [3.63, 3.8) is 0 Å². The smallest absolute Gasteiger partial charge is 0.344 e. The number of aromatic nitrogens is 1. The lowest BCUT2D eigenvalue weighted by atomic mass is 10.1. The number of aliphatic carboxylic acids is 1. The molecule has 1 saturated heterocycles. The van der Waals surface area contributed by atoms with E-state index in [0.29, 0.717) is 33.1 Å². The molecule has 1 atom stereocenters. The number of hydrogen-bond acceptors (Lipinski definition) is 7. The second-order valence-corrected chi connectivity index (χ2v) is 7.79. The quantitative estimate of drug-likeness (QED) is 0.685. The van der Waals surface area contributed by atoms with Gasteiger partial charge in [0.15, 0.2) is 11.3 Å². The zero-order valence-corrected chi connectivity index (χ0v) is 17.0. The number of benzene rings is 1. The molecule has 1 amide bonds. The van der Waals surface area contributed by atoms with Crippen molar-refractivity contribution in [2.75, 3.05) is 6.54 Å². The van der Waals surface area contributed by atoms with Crippen molar-refractivity contribution in [2.24, 2.45) is 4.99 Å². The number of para-hydroxylation sites is 1. The number of amidine groups is 1. The Bertz CT molecular complexity index is 925. The molecule has 2 heterocycles. The van der Waals surface area contributed by atoms with Gasteiger partial charge in [0, 0.05) is 23.7 Å². The molecule has 0 radical (unpaired) electrons. The van der Waals surface area contributed by atoms with E-state index < -0.39 is 12.1 Å². The van der Waals surface area contributed by atoms with Gasteiger partial charge in [-0.1, -0.05) is 25.1 Å². The lowest BCUT2D eigenvalue weighted by molar-refractivity contribution is -0.144. The van der Waals surface area contributed by atoms with Gasteiger partial charge in [0.25, 0.3) is 5.91 Å². The molecule has 1 aliphatic heterocycles. The highest BCUT2D eigenvalue weighted by Gasteiger charge is 2.33. The van der Waals surface area contributed by atoms with Crippen molar-refractivity contribution in [3.05, 3.63) is 46.3 Å². The van der Waals surface area contributed by atoms with Crippen molar-refractivity contribution in [3.8, 4) is 5.75 Å². The first-order valence-electron chi connectivity index (χ1n) is 8.67. The molecule has 0 saturated carbocycles. The van der Waals surface area contributed by atoms with Crippen LogP contribution in [-0.2, 0) is 9.59 Å². The molecule has 0 spiro atoms. The van der Waals surface area contributed by atoms with Gasteiger partial charge in [0.1, 0.15) is 5.75 Å². The van der Waals surface area contributed by atoms with Gasteiger partial charge in [0.05, 0.1) is 4.91 Å². The summed E-state index contributed by atoms with van der Waals surface area (Å²) in [6.07, 6.45) is 3.19. The highest BCUT2D eigenvalue weighted by Crippen LogP contribution is 2.36. The lowest BCUT2D eigenvalue weighted by Gasteiger charge is -2.13. The second kappa shape index (κ2) is 9.03. The van der Waals surface area contributed by atoms with Gasteiger partial charge >= 0.3 is 5.97 Å². The van der Waals surface area contributed by atoms with Gasteiger partial charge in [-0.2, -0.15) is 4.99 Å². The Hall–Kier alpha value is -2.65. The third-order valence-electron chi connectivity index (χ3n) is 3.80. The van der Waals surface area contributed by atoms with Crippen LogP contribution in [0.15, 0.2) is 45.7 Å². The molecule has 1 N–H and O–H groups in total. The number of amides is 1. The molecule has 2 aromatic rings. The van der Waals surface area contributed by atoms with Gasteiger partial charge < -0.3 is 9.84 Å². The number of rotatable bonds is 7. The molecule has 7 nitrogen and oxygen atoms in total. The number of nitrogens with zero attached hydrogens (tertiary/aromatic N) is 3. The summed E-state index contributed by atoms with van der Waals surface area (Å²) in [5, 5.41) is 12.1. The van der Waals surface area contributed by atoms with E-state index in [1.807, 2.05) is 18.4 Å². The number of ether oxygens (including phenoxy) is 1. The molecule has 146 valence electrons. The van der Waals surface area contributed by atoms with Gasteiger partial charge in [-0.15, -0.1) is 11.3 Å². The summed E-state index contributed by atoms with van der Waals surface area (Å²) in [6, 6.07) is 7.03. The van der Waals surface area contributed by atoms with E-state index in [9.17, 15) is 9.59 Å². The molecule has 28 heavy (non-hydrogen) atoms. The predicted molar refractivity (Wildman–Crippen MR) is 111 cm³/mol. The van der Waals surface area contributed by atoms with Crippen LogP contribution in [-0.4, -0.2) is 44.7 Å². The first-order valence-corrected chi connectivity index (χ1v) is 10.4. The average Bonchev–Trinajstić information content (AvgIpc) is 3.27. The van der Waals surface area contributed by atoms with Crippen molar-refractivity contribution in [1.29, 1.82) is 0 Å². The Balaban J connectivity index is 1.92. The molecule has 9 heteroatoms. The third kappa shape index (κ3) is 4.60. The minimum atomic E-state index is -1.05. The third-order valence-corrected chi connectivity index (χ3v) is 5.47. The maximum absolute atomic E-state index is 12.9. The summed E-state index contributed by atoms with van der Waals surface area (Å²) >= 11 is 2.68. The van der Waals surface area contributed by atoms with E-state index in [1.165, 1.54) is 30.0 Å². The van der Waals surface area contributed by atoms with Gasteiger partial charge in [0.2, 0.25) is 5.13 Å². The van der Waals surface area contributed by atoms with E-state index in [1.54, 1.807) is 35.4 Å². The molecular weight excluding hydrogens is 398 g/mol. The Morgan fingerprint density at radius 1 is 1.43 bits per heavy atom. The normalized spacial score (nSPS) is 18.1. The molecular formula is C19H19N3O4S2. The minimum absolute atomic E-state index is 0.136. The summed E-state index contributed by atoms with van der Waals surface area (Å²) < 4.78 is 5.52. The molecule has 3 rings (SSSR count). The first-order chi connectivity index (χ1) is 13.5. The predicted octanol–water partition coefficient (Wildman–Crippen LogP) is 4.01. The monoisotopic (exact) mass is 417 g/mol. The van der Waals surface area contributed by atoms with Crippen molar-refractivity contribution >= 4 is 51.4 Å². The zero-order chi connectivity index (χ0) is 20.1. The topological polar surface area (TPSA) is 92.1 Å². The van der Waals surface area contributed by atoms with Crippen molar-refractivity contribution < 1.29 is 19.4 Å². The van der Waals surface area contributed by atoms with Crippen LogP contribution in [0.4, 0.5) is 5.13 Å². The first kappa shape index (κ1) is 20.1. The maximum Gasteiger partial charge on any atom is 0.344 e. The Kier molecular flexibility index (Phi) is 6.48. The molecule has 1 unspecified atom stereocenters. The summed E-state index contributed by atoms with van der Waals surface area (Å²) in [5.41, 5.74) is 0.637. The summed E-state index contributed by atoms with van der Waals surface area (Å²) in [7, 11) is 0. The maximum atomic E-state index is 12.9. The Labute approximate surface area is 170 Å². The molecule has 1 aromatic heterocycles. The second-order valence-electron chi connectivity index (χ2n) is 5.91. The lowest BCUT2D eigenvalue weighted by Crippen LogP contribution is -2.29. The molecule has 0 bridgehead atoms. The van der Waals surface area contributed by atoms with Crippen LogP contribution in [0.25, 0.3) is 6.08 Å². The fourth-order valence-corrected chi connectivity index (χ4v) is 4.01. The molecule has 1 fully saturated rings. The largest absolute Gasteiger partial charge is 0.479 e. The summed E-state index contributed by atoms with van der Waals surface area (Å²) in [4.78, 5) is 34.8. The van der Waals surface area contributed by atoms with E-state index in [0.717, 1.165) is 6.42 Å². The number of thiazole rings is 1. The Morgan fingerprint density at radius 3 is 2.89 bits per heavy atom. The summed E-state index contributed by atoms with van der Waals surface area (Å²) in [5.74, 6) is -0.783. The Morgan fingerprint density at radius 2 is 2.21 bits per heavy atom. The fraction of sp³-hybridized carbons (Fsp3) is 0.263. The highest BCUT2D eigenvalue weighted by atomic mass is 32.2. The minimum Gasteiger partial charge on any atom is -0.479 e. The van der Waals surface area contributed by atoms with E-state index in [2.05, 4.69) is 9.98 Å². The number of thioether (sulfide) groups is 1. The van der Waals surface area contributed by atoms with Crippen molar-refractivity contribution in [2.45, 2.75) is 26.4 Å². The number of carboxylic acids is 1. The highest BCUT2D eigenvalue weighted by molar-refractivity contribution is 8.18. The standard InChI is InChI=1S/C19H19N3O4S2/c1-3-9-22-16(23)15(28-19(22)21-18-20-8-10-27-18)11-13-6-4-5-7-14(13)26-12(2)17(24)25/h4-8,10-12H,3,9H2,1-2H3,(H,24,25)/b15-11+,21-19+. The average molecular weight is 418 g/mol. The molecule has 1 aromatic carbocycles. The SMILES string of the molecule is CCCN1C(=O)/C(=C\c2ccccc2OC(C)C(=O)O)S/C1=N/c1nccs1. The van der Waals surface area contributed by atoms with Gasteiger partial charge in [-0.05, 0) is 37.2 Å². The number of carboxylic acid groups (broad SMARTS) is 1. The van der Waals surface area contributed by atoms with Crippen LogP contribution in [0, 0.1) is 0 Å². The van der Waals surface area contributed by atoms with Crippen LogP contribution in [0.1, 0.15) is 25.8 Å². The van der Waals surface area contributed by atoms with Crippen molar-refractivity contribution in [1.82, 2.24) is 9.88 Å². The number of carbonyl (C=O) groups is 2. The number of hydrogen-bond donors (Lipinski definition) is 1. The van der Waals surface area contributed by atoms with Crippen LogP contribution in [0.5, 0.6) is 5.75 Å². The van der Waals surface area contributed by atoms with Gasteiger partial charge in [-0.3, -0.25) is 9.69 Å². The van der Waals surface area contributed by atoms with Crippen LogP contribution < -0.4 is 4.74 Å². The fourth-order valence-electron chi connectivity index (χ4n) is 2.45. The summed E-state index contributed by atoms with van der Waals surface area (Å²) in [6.45, 7) is 4.02. The van der Waals surface area contributed by atoms with E-state index >= 15 is 0 Å². The number of aliphatic imine (C=N–C) groups is 1. The van der Waals surface area contributed by atoms with Crippen LogP contribution >= 0.6 is 23.1 Å². The van der Waals surface area contributed by atoms with Crippen LogP contribution in [0.3, 0.4) is 0 Å².